The van der Waals surface area contributed by atoms with Gasteiger partial charge in [-0.05, 0) is 43.4 Å². The van der Waals surface area contributed by atoms with Gasteiger partial charge in [-0.25, -0.2) is 4.98 Å². The molecule has 8 atom stereocenters. The number of hydrogen-bond acceptors (Lipinski definition) is 13. The third-order valence-corrected chi connectivity index (χ3v) is 12.5. The van der Waals surface area contributed by atoms with Crippen LogP contribution in [0.25, 0.3) is 10.9 Å². The van der Waals surface area contributed by atoms with E-state index in [1.807, 2.05) is 31.2 Å². The van der Waals surface area contributed by atoms with Gasteiger partial charge in [-0.15, -0.1) is 0 Å². The summed E-state index contributed by atoms with van der Waals surface area (Å²) in [6.07, 6.45) is 6.01. The third kappa shape index (κ3) is 19.6. The monoisotopic (exact) mass is 1080 g/mol. The normalized spacial score (nSPS) is 14.2. The molecule has 0 aliphatic rings. The topological polar surface area (TPSA) is 385 Å². The molecule has 2 aromatic heterocycles. The number of rotatable bonds is 31. The van der Waals surface area contributed by atoms with Crippen LogP contribution in [0.3, 0.4) is 0 Å². The Kier molecular flexibility index (Phi) is 24.4. The van der Waals surface area contributed by atoms with E-state index < -0.39 is 101 Å². The van der Waals surface area contributed by atoms with Crippen LogP contribution in [-0.4, -0.2) is 140 Å². The van der Waals surface area contributed by atoms with Crippen molar-refractivity contribution in [1.29, 1.82) is 0 Å². The molecular weight excluding hydrogens is 1010 g/mol. The maximum Gasteiger partial charge on any atom is 0.244 e. The van der Waals surface area contributed by atoms with Crippen molar-refractivity contribution in [2.45, 2.75) is 120 Å². The van der Waals surface area contributed by atoms with Crippen molar-refractivity contribution in [2.75, 3.05) is 18.1 Å². The van der Waals surface area contributed by atoms with Gasteiger partial charge in [-0.3, -0.25) is 48.1 Å². The largest absolute Gasteiger partial charge is 0.370 e. The number of nitrogens with two attached hydrogens (primary N) is 3. The molecule has 75 heavy (non-hydrogen) atoms. The summed E-state index contributed by atoms with van der Waals surface area (Å²) >= 11 is 8.38. The Morgan fingerprint density at radius 2 is 1.12 bits per heavy atom. The Balaban J connectivity index is 1.60. The molecule has 2 heterocycles. The summed E-state index contributed by atoms with van der Waals surface area (Å²) in [5.41, 5.74) is 19.1. The Morgan fingerprint density at radius 3 is 1.71 bits per heavy atom. The van der Waals surface area contributed by atoms with Gasteiger partial charge < -0.3 is 69.7 Å². The standard InChI is InChI=1S/C49H69N15O9S2/c1-4-5-15-34(58-28(3)65)43(68)64-40(25-75)48(73)57-27(2)42(67)60-38(21-31-23-53-26-56-31)47(72)61-36(19-29-12-7-6-8-13-29)45(70)59-35(17-11-18-54-49(51)52)44(69)62-37(46(71)63-39(24-74)41(50)66)20-30-22-55-33-16-10-9-14-32(30)33/h6-10,12-14,16,22-23,26-27,34-40,55,74-75H,4-5,11,15,17-21,24-25H2,1-3H3,(H2,50,66)(H,53,56)(H,57,73)(H,58,65)(H,59,70)(H,60,67)(H,61,72)(H,62,69)(H,63,71)(H,64,68)(H4,51,52,54)/t27-,34-,35-,36+,37-,38-,39-,40+/m0/s1. The first-order valence-corrected chi connectivity index (χ1v) is 25.6. The van der Waals surface area contributed by atoms with Crippen LogP contribution < -0.4 is 59.7 Å². The second-order valence-electron chi connectivity index (χ2n) is 17.7. The quantitative estimate of drug-likeness (QED) is 0.0118. The van der Waals surface area contributed by atoms with Crippen molar-refractivity contribution in [1.82, 2.24) is 57.5 Å². The third-order valence-electron chi connectivity index (χ3n) is 11.8. The lowest BCUT2D eigenvalue weighted by Crippen LogP contribution is -2.61. The van der Waals surface area contributed by atoms with E-state index in [2.05, 4.69) is 87.7 Å². The van der Waals surface area contributed by atoms with Crippen LogP contribution in [0.2, 0.25) is 0 Å². The lowest BCUT2D eigenvalue weighted by atomic mass is 10.0. The van der Waals surface area contributed by atoms with Crippen molar-refractivity contribution >= 4 is 95.3 Å². The zero-order valence-electron chi connectivity index (χ0n) is 42.0. The molecule has 0 bridgehead atoms. The van der Waals surface area contributed by atoms with Crippen LogP contribution in [-0.2, 0) is 62.4 Å². The molecule has 0 saturated carbocycles. The first kappa shape index (κ1) is 59.9. The van der Waals surface area contributed by atoms with E-state index in [1.54, 1.807) is 36.5 Å². The number of benzene rings is 2. The Bertz CT molecular complexity index is 2600. The fourth-order valence-corrected chi connectivity index (χ4v) is 8.28. The van der Waals surface area contributed by atoms with Crippen LogP contribution in [0.5, 0.6) is 0 Å². The van der Waals surface area contributed by atoms with Gasteiger partial charge in [0.2, 0.25) is 53.2 Å². The molecule has 406 valence electrons. The molecule has 0 fully saturated rings. The fourth-order valence-electron chi connectivity index (χ4n) is 7.75. The first-order chi connectivity index (χ1) is 35.8. The Labute approximate surface area is 445 Å². The number of para-hydroxylation sites is 1. The highest BCUT2D eigenvalue weighted by atomic mass is 32.1. The van der Waals surface area contributed by atoms with Gasteiger partial charge >= 0.3 is 0 Å². The van der Waals surface area contributed by atoms with Crippen molar-refractivity contribution in [2.24, 2.45) is 22.2 Å². The zero-order valence-corrected chi connectivity index (χ0v) is 43.8. The number of H-pyrrole nitrogens is 2. The number of aromatic amines is 2. The van der Waals surface area contributed by atoms with Crippen LogP contribution in [0.1, 0.15) is 69.7 Å². The van der Waals surface area contributed by atoms with Crippen molar-refractivity contribution < 1.29 is 43.2 Å². The molecule has 24 nitrogen and oxygen atoms in total. The minimum Gasteiger partial charge on any atom is -0.370 e. The maximum absolute atomic E-state index is 14.6. The summed E-state index contributed by atoms with van der Waals surface area (Å²) in [6, 6.07) is 5.98. The number of guanidine groups is 1. The highest BCUT2D eigenvalue weighted by Crippen LogP contribution is 2.20. The molecule has 26 heteroatoms. The minimum atomic E-state index is -1.39. The van der Waals surface area contributed by atoms with E-state index in [9.17, 15) is 43.2 Å². The molecule has 4 rings (SSSR count). The fraction of sp³-hybridized carbons (Fsp3) is 0.449. The number of aliphatic imine (C=N–C) groups is 1. The van der Waals surface area contributed by atoms with E-state index in [-0.39, 0.29) is 56.1 Å². The molecule has 16 N–H and O–H groups in total. The number of aromatic nitrogens is 3. The van der Waals surface area contributed by atoms with Gasteiger partial charge in [0.15, 0.2) is 5.96 Å². The summed E-state index contributed by atoms with van der Waals surface area (Å²) in [6.45, 7) is 4.63. The molecule has 0 aliphatic heterocycles. The van der Waals surface area contributed by atoms with E-state index in [0.29, 0.717) is 29.7 Å². The number of fused-ring (bicyclic) bond motifs is 1. The smallest absolute Gasteiger partial charge is 0.244 e. The molecular formula is C49H69N15O9S2. The number of carbonyl (C=O) groups excluding carboxylic acids is 9. The van der Waals surface area contributed by atoms with Gasteiger partial charge in [0, 0.05) is 73.2 Å². The molecule has 0 saturated heterocycles. The summed E-state index contributed by atoms with van der Waals surface area (Å²) in [5.74, 6) is -7.16. The average Bonchev–Trinajstić information content (AvgIpc) is 4.06. The Morgan fingerprint density at radius 1 is 0.600 bits per heavy atom. The van der Waals surface area contributed by atoms with E-state index in [0.717, 1.165) is 17.3 Å². The van der Waals surface area contributed by atoms with Crippen LogP contribution >= 0.6 is 25.3 Å². The minimum absolute atomic E-state index is 0.0570. The zero-order chi connectivity index (χ0) is 55.0. The number of nitrogens with one attached hydrogen (secondary N) is 10. The van der Waals surface area contributed by atoms with Gasteiger partial charge in [-0.1, -0.05) is 68.3 Å². The summed E-state index contributed by atoms with van der Waals surface area (Å²) in [4.78, 5) is 136. The van der Waals surface area contributed by atoms with Crippen molar-refractivity contribution in [3.05, 3.63) is 90.1 Å². The van der Waals surface area contributed by atoms with E-state index >= 15 is 0 Å². The summed E-state index contributed by atoms with van der Waals surface area (Å²) in [7, 11) is 0. The maximum atomic E-state index is 14.6. The number of carbonyl (C=O) groups is 9. The van der Waals surface area contributed by atoms with Crippen molar-refractivity contribution in [3.8, 4) is 0 Å². The van der Waals surface area contributed by atoms with Gasteiger partial charge in [0.1, 0.15) is 48.3 Å². The lowest BCUT2D eigenvalue weighted by molar-refractivity contribution is -0.135. The second-order valence-corrected chi connectivity index (χ2v) is 18.5. The molecule has 4 aromatic rings. The molecule has 9 amide bonds. The lowest BCUT2D eigenvalue weighted by Gasteiger charge is -2.27. The Hall–Kier alpha value is -7.61. The number of imidazole rings is 1. The van der Waals surface area contributed by atoms with E-state index in [4.69, 9.17) is 17.2 Å². The molecule has 2 aromatic carbocycles. The van der Waals surface area contributed by atoms with Crippen LogP contribution in [0.4, 0.5) is 0 Å². The first-order valence-electron chi connectivity index (χ1n) is 24.4. The highest BCUT2D eigenvalue weighted by molar-refractivity contribution is 7.80. The summed E-state index contributed by atoms with van der Waals surface area (Å²) < 4.78 is 0. The second kappa shape index (κ2) is 30.6. The van der Waals surface area contributed by atoms with E-state index in [1.165, 1.54) is 26.4 Å². The van der Waals surface area contributed by atoms with Gasteiger partial charge in [0.05, 0.1) is 6.33 Å². The molecule has 0 unspecified atom stereocenters. The predicted octanol–water partition coefficient (Wildman–Crippen LogP) is -1.57. The number of primary amides is 1. The highest BCUT2D eigenvalue weighted by Gasteiger charge is 2.34. The van der Waals surface area contributed by atoms with Crippen molar-refractivity contribution in [3.63, 3.8) is 0 Å². The van der Waals surface area contributed by atoms with Crippen LogP contribution in [0.15, 0.2) is 78.3 Å². The molecule has 0 aliphatic carbocycles. The number of thiol groups is 2. The average molecular weight is 1080 g/mol. The number of amides is 9. The molecule has 0 spiro atoms. The summed E-state index contributed by atoms with van der Waals surface area (Å²) in [5, 5.41) is 21.9. The van der Waals surface area contributed by atoms with Gasteiger partial charge in [0.25, 0.3) is 0 Å². The predicted molar refractivity (Wildman–Crippen MR) is 288 cm³/mol. The number of nitrogens with zero attached hydrogens (tertiary/aromatic N) is 2. The number of unbranched alkanes of at least 4 members (excludes halogenated alkanes) is 1. The van der Waals surface area contributed by atoms with Crippen LogP contribution in [0, 0.1) is 0 Å². The van der Waals surface area contributed by atoms with Gasteiger partial charge in [-0.2, -0.15) is 25.3 Å². The number of hydrogen-bond donors (Lipinski definition) is 15. The SMILES string of the molecule is CCCC[C@H](NC(C)=O)C(=O)N[C@H](CS)C(=O)N[C@@H](C)C(=O)N[C@@H](Cc1cnc[nH]1)C(=O)N[C@H](Cc1ccccc1)C(=O)N[C@@H](CCCN=C(N)N)C(=O)N[C@@H](Cc1c[nH]c2ccccc12)C(=O)N[C@@H](CS)C(N)=O. The molecule has 0 radical (unpaired) electrons.